The molecule has 0 aliphatic rings. The van der Waals surface area contributed by atoms with Gasteiger partial charge in [-0.05, 0) is 99.5 Å². The van der Waals surface area contributed by atoms with Crippen LogP contribution in [0.25, 0.3) is 32.9 Å². The number of aromatic nitrogens is 4. The number of aromatic amines is 2. The van der Waals surface area contributed by atoms with E-state index in [4.69, 9.17) is 23.2 Å². The fraction of sp³-hybridized carbons (Fsp3) is 0.158. The van der Waals surface area contributed by atoms with Gasteiger partial charge < -0.3 is 20.6 Å². The minimum Gasteiger partial charge on any atom is -0.324 e. The smallest absolute Gasteiger partial charge is 0.258 e. The number of hydrogen-bond donors (Lipinski definition) is 4. The maximum Gasteiger partial charge on any atom is 0.258 e. The normalized spacial score (nSPS) is 12.6. The average molecular weight is 794 g/mol. The average Bonchev–Trinajstić information content (AvgIpc) is 3.13. The van der Waals surface area contributed by atoms with Crippen LogP contribution in [0.2, 0.25) is 10.0 Å². The summed E-state index contributed by atoms with van der Waals surface area (Å²) in [5.74, 6) is -1.78. The number of hydrogen-bond acceptors (Lipinski definition) is 12. The number of halogens is 2. The molecule has 2 heterocycles. The van der Waals surface area contributed by atoms with Crippen LogP contribution in [0.1, 0.15) is 25.5 Å². The Morgan fingerprint density at radius 1 is 0.607 bits per heavy atom. The zero-order valence-corrected chi connectivity index (χ0v) is 31.5. The lowest BCUT2D eigenvalue weighted by Crippen LogP contribution is -2.31. The first kappa shape index (κ1) is 38.9. The van der Waals surface area contributed by atoms with E-state index in [2.05, 4.69) is 51.0 Å². The quantitative estimate of drug-likeness (QED) is 0.0778. The molecule has 2 amide bonds. The molecule has 0 aliphatic heterocycles. The number of nitrogens with one attached hydrogen (secondary N) is 4. The van der Waals surface area contributed by atoms with E-state index >= 15 is 0 Å². The van der Waals surface area contributed by atoms with Crippen molar-refractivity contribution >= 4 is 91.1 Å². The van der Waals surface area contributed by atoms with Gasteiger partial charge in [-0.15, -0.1) is 0 Å². The van der Waals surface area contributed by atoms with Crippen molar-refractivity contribution in [1.29, 1.82) is 0 Å². The molecule has 0 aliphatic carbocycles. The molecule has 6 rings (SSSR count). The SMILES string of the molecule is CC(=O)C(N=Nc1ccc(-c2ccc(N=NC(C(C)=O)C(=O)Nc3ccc4nc(C)[nH]c(=O)c4c3)c(Cl)c2)cc1Cl)C(=O)Nc1ccc2nc(C)[nH]c(=O)c2c1. The molecule has 282 valence electrons. The van der Waals surface area contributed by atoms with Crippen LogP contribution in [-0.4, -0.2) is 55.4 Å². The molecule has 56 heavy (non-hydrogen) atoms. The minimum atomic E-state index is -1.50. The Morgan fingerprint density at radius 3 is 1.36 bits per heavy atom. The third-order valence-corrected chi connectivity index (χ3v) is 8.85. The van der Waals surface area contributed by atoms with E-state index in [1.54, 1.807) is 74.5 Å². The van der Waals surface area contributed by atoms with E-state index in [-0.39, 0.29) is 54.7 Å². The van der Waals surface area contributed by atoms with Crippen LogP contribution in [-0.2, 0) is 19.2 Å². The van der Waals surface area contributed by atoms with E-state index in [1.807, 2.05) is 0 Å². The van der Waals surface area contributed by atoms with Gasteiger partial charge in [0.05, 0.1) is 31.9 Å². The number of benzene rings is 4. The number of Topliss-reactive ketones (excluding diaryl/α,β-unsaturated/α-hetero) is 2. The Bertz CT molecular complexity index is 2590. The molecule has 2 unspecified atom stereocenters. The Morgan fingerprint density at radius 2 is 1.00 bits per heavy atom. The number of fused-ring (bicyclic) bond motifs is 2. The second-order valence-electron chi connectivity index (χ2n) is 12.5. The molecule has 16 nitrogen and oxygen atoms in total. The molecule has 0 spiro atoms. The maximum absolute atomic E-state index is 13.0. The lowest BCUT2D eigenvalue weighted by Gasteiger charge is -2.11. The Labute approximate surface area is 326 Å². The lowest BCUT2D eigenvalue weighted by molar-refractivity contribution is -0.127. The summed E-state index contributed by atoms with van der Waals surface area (Å²) in [6.45, 7) is 5.70. The first-order valence-corrected chi connectivity index (χ1v) is 17.5. The van der Waals surface area contributed by atoms with E-state index < -0.39 is 35.5 Å². The van der Waals surface area contributed by atoms with Gasteiger partial charge in [-0.1, -0.05) is 35.3 Å². The van der Waals surface area contributed by atoms with Crippen LogP contribution < -0.4 is 21.8 Å². The topological polar surface area (TPSA) is 233 Å². The Kier molecular flexibility index (Phi) is 11.3. The van der Waals surface area contributed by atoms with Crippen LogP contribution in [0.5, 0.6) is 0 Å². The van der Waals surface area contributed by atoms with Crippen LogP contribution >= 0.6 is 23.2 Å². The van der Waals surface area contributed by atoms with Crippen molar-refractivity contribution in [2.24, 2.45) is 20.5 Å². The molecule has 0 radical (unpaired) electrons. The van der Waals surface area contributed by atoms with Gasteiger partial charge in [0.25, 0.3) is 22.9 Å². The highest BCUT2D eigenvalue weighted by Crippen LogP contribution is 2.35. The monoisotopic (exact) mass is 792 g/mol. The fourth-order valence-corrected chi connectivity index (χ4v) is 5.94. The molecular weight excluding hydrogens is 763 g/mol. The van der Waals surface area contributed by atoms with Crippen molar-refractivity contribution in [2.45, 2.75) is 39.8 Å². The van der Waals surface area contributed by atoms with Crippen molar-refractivity contribution in [1.82, 2.24) is 19.9 Å². The molecule has 0 saturated heterocycles. The summed E-state index contributed by atoms with van der Waals surface area (Å²) in [5.41, 5.74) is 2.28. The number of anilines is 2. The number of carbonyl (C=O) groups is 4. The molecule has 18 heteroatoms. The largest absolute Gasteiger partial charge is 0.324 e. The summed E-state index contributed by atoms with van der Waals surface area (Å²) in [5, 5.41) is 22.0. The standard InChI is InChI=1S/C38H30Cl2N10O6/c1-17(51)33(37(55)45-23-7-11-29-25(15-23)35(53)43-19(3)41-29)49-47-31-9-5-21(13-27(31)39)22-6-10-32(28(40)14-22)48-50-34(18(2)52)38(56)46-24-8-12-30-26(16-24)36(54)44-20(4)42-30/h5-16,33-34H,1-4H3,(H,45,55)(H,46,56)(H,41,43,53)(H,42,44,54). The summed E-state index contributed by atoms with van der Waals surface area (Å²) < 4.78 is 0. The van der Waals surface area contributed by atoms with Gasteiger partial charge in [0.2, 0.25) is 12.1 Å². The van der Waals surface area contributed by atoms with Crippen LogP contribution in [0.3, 0.4) is 0 Å². The van der Waals surface area contributed by atoms with Gasteiger partial charge >= 0.3 is 0 Å². The van der Waals surface area contributed by atoms with Gasteiger partial charge in [-0.3, -0.25) is 28.8 Å². The number of rotatable bonds is 11. The van der Waals surface area contributed by atoms with Gasteiger partial charge in [-0.2, -0.15) is 20.5 Å². The van der Waals surface area contributed by atoms with Crippen molar-refractivity contribution in [2.75, 3.05) is 10.6 Å². The number of ketones is 2. The number of azo groups is 2. The van der Waals surface area contributed by atoms with Crippen molar-refractivity contribution in [3.63, 3.8) is 0 Å². The predicted octanol–water partition coefficient (Wildman–Crippen LogP) is 7.11. The third kappa shape index (κ3) is 8.77. The van der Waals surface area contributed by atoms with Crippen LogP contribution in [0, 0.1) is 13.8 Å². The summed E-state index contributed by atoms with van der Waals surface area (Å²) in [7, 11) is 0. The fourth-order valence-electron chi connectivity index (χ4n) is 5.50. The summed E-state index contributed by atoms with van der Waals surface area (Å²) >= 11 is 13.0. The summed E-state index contributed by atoms with van der Waals surface area (Å²) in [6, 6.07) is 15.8. The molecule has 4 N–H and O–H groups in total. The number of amides is 2. The first-order chi connectivity index (χ1) is 26.7. The zero-order valence-electron chi connectivity index (χ0n) is 30.0. The van der Waals surface area contributed by atoms with Gasteiger partial charge in [-0.25, -0.2) is 9.97 Å². The number of nitrogens with zero attached hydrogens (tertiary/aromatic N) is 6. The number of aryl methyl sites for hydroxylation is 2. The lowest BCUT2D eigenvalue weighted by atomic mass is 10.0. The number of H-pyrrole nitrogens is 2. The molecule has 4 aromatic carbocycles. The van der Waals surface area contributed by atoms with Crippen molar-refractivity contribution in [3.05, 3.63) is 115 Å². The van der Waals surface area contributed by atoms with Gasteiger partial charge in [0.15, 0.2) is 11.6 Å². The highest BCUT2D eigenvalue weighted by molar-refractivity contribution is 6.34. The molecule has 0 saturated carbocycles. The Hall–Kier alpha value is -6.78. The predicted molar refractivity (Wildman–Crippen MR) is 211 cm³/mol. The van der Waals surface area contributed by atoms with Crippen molar-refractivity contribution in [3.8, 4) is 11.1 Å². The molecular formula is C38H30Cl2N10O6. The highest BCUT2D eigenvalue weighted by Gasteiger charge is 2.25. The second kappa shape index (κ2) is 16.3. The van der Waals surface area contributed by atoms with E-state index in [1.165, 1.54) is 26.0 Å². The molecule has 2 aromatic heterocycles. The minimum absolute atomic E-state index is 0.156. The Balaban J connectivity index is 1.13. The van der Waals surface area contributed by atoms with Gasteiger partial charge in [0.1, 0.15) is 23.0 Å². The zero-order chi connectivity index (χ0) is 40.3. The maximum atomic E-state index is 13.0. The van der Waals surface area contributed by atoms with E-state index in [9.17, 15) is 28.8 Å². The number of carbonyl (C=O) groups excluding carboxylic acids is 4. The van der Waals surface area contributed by atoms with Gasteiger partial charge in [0, 0.05) is 11.4 Å². The summed E-state index contributed by atoms with van der Waals surface area (Å²) in [6.07, 6.45) is 0. The molecule has 2 atom stereocenters. The molecule has 0 bridgehead atoms. The molecule has 0 fully saturated rings. The second-order valence-corrected chi connectivity index (χ2v) is 13.3. The third-order valence-electron chi connectivity index (χ3n) is 8.24. The highest BCUT2D eigenvalue weighted by atomic mass is 35.5. The van der Waals surface area contributed by atoms with Crippen molar-refractivity contribution < 1.29 is 19.2 Å². The van der Waals surface area contributed by atoms with Crippen LogP contribution in [0.15, 0.2) is 103 Å². The molecule has 6 aromatic rings. The summed E-state index contributed by atoms with van der Waals surface area (Å²) in [4.78, 5) is 89.2. The van der Waals surface area contributed by atoms with E-state index in [0.29, 0.717) is 33.8 Å². The van der Waals surface area contributed by atoms with E-state index in [0.717, 1.165) is 0 Å². The first-order valence-electron chi connectivity index (χ1n) is 16.7. The van der Waals surface area contributed by atoms with Crippen LogP contribution in [0.4, 0.5) is 22.7 Å².